The molecule has 2 aromatic carbocycles. The van der Waals surface area contributed by atoms with Gasteiger partial charge in [-0.2, -0.15) is 15.0 Å². The zero-order valence-corrected chi connectivity index (χ0v) is 21.5. The molecule has 0 radical (unpaired) electrons. The maximum atomic E-state index is 13.2. The van der Waals surface area contributed by atoms with E-state index in [2.05, 4.69) is 10.2 Å². The van der Waals surface area contributed by atoms with Crippen LogP contribution in [0.2, 0.25) is 0 Å². The van der Waals surface area contributed by atoms with Crippen molar-refractivity contribution < 1.29 is 19.1 Å². The number of amides is 3. The maximum Gasteiger partial charge on any atom is 0.248 e. The Balaban J connectivity index is 1.46. The van der Waals surface area contributed by atoms with Crippen LogP contribution in [-0.2, 0) is 32.1 Å². The standard InChI is InChI=1S/C27H34N6O4/c1-3-30(4-2)27(36)20-37-22-16-31(15-14-21-10-6-5-7-11-21)25(34)18-32(17-22)26(35)19-33-28-23-12-8-9-13-24(23)29-33/h5-13,22H,3-4,14-20H2,1-2H3/t22-/m0/s1. The summed E-state index contributed by atoms with van der Waals surface area (Å²) in [5.74, 6) is -0.534. The highest BCUT2D eigenvalue weighted by molar-refractivity contribution is 5.85. The zero-order chi connectivity index (χ0) is 26.2. The van der Waals surface area contributed by atoms with E-state index in [-0.39, 0.29) is 44.0 Å². The molecule has 196 valence electrons. The third-order valence-electron chi connectivity index (χ3n) is 6.56. The van der Waals surface area contributed by atoms with Crippen molar-refractivity contribution in [1.29, 1.82) is 0 Å². The van der Waals surface area contributed by atoms with Gasteiger partial charge in [0.25, 0.3) is 0 Å². The van der Waals surface area contributed by atoms with Crippen molar-refractivity contribution in [2.24, 2.45) is 0 Å². The number of nitrogens with zero attached hydrogens (tertiary/aromatic N) is 6. The molecule has 0 spiro atoms. The molecule has 37 heavy (non-hydrogen) atoms. The zero-order valence-electron chi connectivity index (χ0n) is 21.5. The molecule has 0 N–H and O–H groups in total. The van der Waals surface area contributed by atoms with Gasteiger partial charge < -0.3 is 19.4 Å². The van der Waals surface area contributed by atoms with Gasteiger partial charge in [-0.05, 0) is 38.0 Å². The summed E-state index contributed by atoms with van der Waals surface area (Å²) < 4.78 is 6.00. The number of likely N-dealkylation sites (N-methyl/N-ethyl adjacent to an activating group) is 1. The Morgan fingerprint density at radius 2 is 1.62 bits per heavy atom. The second kappa shape index (κ2) is 12.4. The Bertz CT molecular complexity index is 1180. The van der Waals surface area contributed by atoms with Crippen LogP contribution in [-0.4, -0.2) is 99.4 Å². The highest BCUT2D eigenvalue weighted by atomic mass is 16.5. The second-order valence-electron chi connectivity index (χ2n) is 9.07. The lowest BCUT2D eigenvalue weighted by Gasteiger charge is -2.26. The predicted molar refractivity (Wildman–Crippen MR) is 139 cm³/mol. The molecule has 10 nitrogen and oxygen atoms in total. The van der Waals surface area contributed by atoms with E-state index < -0.39 is 6.10 Å². The predicted octanol–water partition coefficient (Wildman–Crippen LogP) is 1.60. The number of rotatable bonds is 10. The van der Waals surface area contributed by atoms with Crippen molar-refractivity contribution in [1.82, 2.24) is 29.7 Å². The van der Waals surface area contributed by atoms with Crippen molar-refractivity contribution in [2.45, 2.75) is 32.9 Å². The monoisotopic (exact) mass is 506 g/mol. The number of hydrogen-bond acceptors (Lipinski definition) is 6. The normalized spacial score (nSPS) is 16.2. The van der Waals surface area contributed by atoms with Crippen LogP contribution in [0.5, 0.6) is 0 Å². The number of fused-ring (bicyclic) bond motifs is 1. The van der Waals surface area contributed by atoms with Crippen LogP contribution in [0.1, 0.15) is 19.4 Å². The first-order valence-electron chi connectivity index (χ1n) is 12.8. The van der Waals surface area contributed by atoms with Gasteiger partial charge in [0.15, 0.2) is 0 Å². The minimum atomic E-state index is -0.490. The Labute approximate surface area is 216 Å². The number of carbonyl (C=O) groups is 3. The maximum absolute atomic E-state index is 13.2. The summed E-state index contributed by atoms with van der Waals surface area (Å²) in [5, 5.41) is 8.73. The molecule has 0 aliphatic carbocycles. The summed E-state index contributed by atoms with van der Waals surface area (Å²) in [6.45, 7) is 5.82. The number of benzene rings is 2. The fourth-order valence-electron chi connectivity index (χ4n) is 4.45. The third-order valence-corrected chi connectivity index (χ3v) is 6.56. The lowest BCUT2D eigenvalue weighted by Crippen LogP contribution is -2.42. The molecule has 0 unspecified atom stereocenters. The van der Waals surface area contributed by atoms with Crippen LogP contribution in [0.3, 0.4) is 0 Å². The average molecular weight is 507 g/mol. The van der Waals surface area contributed by atoms with Gasteiger partial charge in [0.1, 0.15) is 24.2 Å². The molecule has 1 aliphatic heterocycles. The average Bonchev–Trinajstić information content (AvgIpc) is 3.24. The minimum Gasteiger partial charge on any atom is -0.365 e. The highest BCUT2D eigenvalue weighted by Crippen LogP contribution is 2.13. The summed E-state index contributed by atoms with van der Waals surface area (Å²) in [4.78, 5) is 45.3. The first-order valence-corrected chi connectivity index (χ1v) is 12.8. The Hall–Kier alpha value is -3.79. The molecule has 3 aromatic rings. The molecule has 1 aliphatic rings. The molecular formula is C27H34N6O4. The van der Waals surface area contributed by atoms with Crippen LogP contribution in [0.25, 0.3) is 11.0 Å². The topological polar surface area (TPSA) is 101 Å². The number of aromatic nitrogens is 3. The van der Waals surface area contributed by atoms with Crippen molar-refractivity contribution >= 4 is 28.8 Å². The van der Waals surface area contributed by atoms with Gasteiger partial charge in [-0.25, -0.2) is 0 Å². The van der Waals surface area contributed by atoms with Crippen LogP contribution in [0.15, 0.2) is 54.6 Å². The first kappa shape index (κ1) is 26.3. The van der Waals surface area contributed by atoms with Crippen LogP contribution >= 0.6 is 0 Å². The quantitative estimate of drug-likeness (QED) is 0.414. The van der Waals surface area contributed by atoms with E-state index in [0.29, 0.717) is 43.6 Å². The van der Waals surface area contributed by atoms with Gasteiger partial charge in [0, 0.05) is 32.7 Å². The van der Waals surface area contributed by atoms with Gasteiger partial charge in [0.05, 0.1) is 12.6 Å². The molecule has 1 atom stereocenters. The fraction of sp³-hybridized carbons (Fsp3) is 0.444. The van der Waals surface area contributed by atoms with Crippen molar-refractivity contribution in [2.75, 3.05) is 45.9 Å². The highest BCUT2D eigenvalue weighted by Gasteiger charge is 2.31. The fourth-order valence-corrected chi connectivity index (χ4v) is 4.45. The van der Waals surface area contributed by atoms with E-state index in [9.17, 15) is 14.4 Å². The van der Waals surface area contributed by atoms with Crippen molar-refractivity contribution in [3.63, 3.8) is 0 Å². The summed E-state index contributed by atoms with van der Waals surface area (Å²) >= 11 is 0. The van der Waals surface area contributed by atoms with Gasteiger partial charge in [0.2, 0.25) is 17.7 Å². The van der Waals surface area contributed by atoms with E-state index in [1.807, 2.05) is 68.4 Å². The minimum absolute atomic E-state index is 0.0573. The van der Waals surface area contributed by atoms with Gasteiger partial charge in [-0.15, -0.1) is 0 Å². The van der Waals surface area contributed by atoms with Crippen LogP contribution in [0.4, 0.5) is 0 Å². The lowest BCUT2D eigenvalue weighted by atomic mass is 10.1. The van der Waals surface area contributed by atoms with Crippen LogP contribution in [0, 0.1) is 0 Å². The molecule has 1 saturated heterocycles. The number of ether oxygens (including phenoxy) is 1. The van der Waals surface area contributed by atoms with E-state index in [1.54, 1.807) is 9.80 Å². The summed E-state index contributed by atoms with van der Waals surface area (Å²) in [6.07, 6.45) is 0.199. The van der Waals surface area contributed by atoms with Gasteiger partial charge in [-0.1, -0.05) is 42.5 Å². The molecule has 1 aromatic heterocycles. The number of hydrogen-bond donors (Lipinski definition) is 0. The largest absolute Gasteiger partial charge is 0.365 e. The number of carbonyl (C=O) groups excluding carboxylic acids is 3. The smallest absolute Gasteiger partial charge is 0.248 e. The molecule has 1 fully saturated rings. The SMILES string of the molecule is CCN(CC)C(=O)CO[C@H]1CN(CCc2ccccc2)C(=O)CN(C(=O)Cn2nc3ccccc3n2)C1. The van der Waals surface area contributed by atoms with E-state index >= 15 is 0 Å². The van der Waals surface area contributed by atoms with E-state index in [0.717, 1.165) is 5.56 Å². The summed E-state index contributed by atoms with van der Waals surface area (Å²) in [7, 11) is 0. The molecule has 10 heteroatoms. The molecule has 4 rings (SSSR count). The van der Waals surface area contributed by atoms with Crippen LogP contribution < -0.4 is 0 Å². The third kappa shape index (κ3) is 6.91. The Kier molecular flexibility index (Phi) is 8.84. The van der Waals surface area contributed by atoms with Crippen molar-refractivity contribution in [3.05, 3.63) is 60.2 Å². The van der Waals surface area contributed by atoms with E-state index in [4.69, 9.17) is 4.74 Å². The lowest BCUT2D eigenvalue weighted by molar-refractivity contribution is -0.140. The summed E-state index contributed by atoms with van der Waals surface area (Å²) in [6, 6.07) is 17.3. The van der Waals surface area contributed by atoms with Gasteiger partial charge >= 0.3 is 0 Å². The molecule has 0 bridgehead atoms. The molecule has 0 saturated carbocycles. The molecule has 3 amide bonds. The Morgan fingerprint density at radius 3 is 2.27 bits per heavy atom. The van der Waals surface area contributed by atoms with Crippen molar-refractivity contribution in [3.8, 4) is 0 Å². The first-order chi connectivity index (χ1) is 18.0. The Morgan fingerprint density at radius 1 is 0.973 bits per heavy atom. The van der Waals surface area contributed by atoms with Gasteiger partial charge in [-0.3, -0.25) is 14.4 Å². The molecule has 2 heterocycles. The summed E-state index contributed by atoms with van der Waals surface area (Å²) in [5.41, 5.74) is 2.52. The molecular weight excluding hydrogens is 472 g/mol. The second-order valence-corrected chi connectivity index (χ2v) is 9.07. The van der Waals surface area contributed by atoms with E-state index in [1.165, 1.54) is 9.70 Å².